The monoisotopic (exact) mass is 474 g/mol. The molecule has 0 N–H and O–H groups in total. The summed E-state index contributed by atoms with van der Waals surface area (Å²) in [6.07, 6.45) is 1.64. The summed E-state index contributed by atoms with van der Waals surface area (Å²) < 4.78 is 5.81. The summed E-state index contributed by atoms with van der Waals surface area (Å²) in [6.45, 7) is 5.35. The molecule has 5 rings (SSSR count). The Morgan fingerprint density at radius 2 is 1.71 bits per heavy atom. The molecule has 0 unspecified atom stereocenters. The summed E-state index contributed by atoms with van der Waals surface area (Å²) >= 11 is 1.33. The Hall–Kier alpha value is -3.85. The number of benzene rings is 2. The molecule has 0 atom stereocenters. The Morgan fingerprint density at radius 1 is 1.00 bits per heavy atom. The molecular weight excluding hydrogens is 452 g/mol. The van der Waals surface area contributed by atoms with Gasteiger partial charge in [0.05, 0.1) is 15.4 Å². The van der Waals surface area contributed by atoms with Gasteiger partial charge in [0.25, 0.3) is 11.6 Å². The second-order valence-electron chi connectivity index (χ2n) is 8.10. The minimum atomic E-state index is -0.439. The first-order chi connectivity index (χ1) is 16.5. The molecule has 8 nitrogen and oxygen atoms in total. The Morgan fingerprint density at radius 3 is 2.44 bits per heavy atom. The summed E-state index contributed by atoms with van der Waals surface area (Å²) in [5.41, 5.74) is 2.81. The number of rotatable bonds is 4. The van der Waals surface area contributed by atoms with E-state index in [1.54, 1.807) is 36.4 Å². The topological polar surface area (TPSA) is 92.2 Å². The van der Waals surface area contributed by atoms with Crippen LogP contribution in [-0.2, 0) is 4.79 Å². The number of carbonyl (C=O) groups is 1. The zero-order chi connectivity index (χ0) is 23.7. The van der Waals surface area contributed by atoms with Gasteiger partial charge in [-0.15, -0.1) is 0 Å². The lowest BCUT2D eigenvalue weighted by Gasteiger charge is -2.36. The predicted octanol–water partition coefficient (Wildman–Crippen LogP) is 4.96. The largest absolute Gasteiger partial charge is 0.456 e. The quantitative estimate of drug-likeness (QED) is 0.300. The average Bonchev–Trinajstić information content (AvgIpc) is 3.46. The molecule has 0 bridgehead atoms. The molecule has 1 amide bonds. The van der Waals surface area contributed by atoms with Crippen LogP contribution in [0.5, 0.6) is 0 Å². The second-order valence-corrected chi connectivity index (χ2v) is 9.11. The van der Waals surface area contributed by atoms with E-state index in [1.165, 1.54) is 29.1 Å². The van der Waals surface area contributed by atoms with Crippen molar-refractivity contribution in [3.63, 3.8) is 0 Å². The molecule has 2 aromatic carbocycles. The second kappa shape index (κ2) is 9.18. The number of anilines is 1. The van der Waals surface area contributed by atoms with Gasteiger partial charge < -0.3 is 14.2 Å². The molecule has 9 heteroatoms. The fourth-order valence-corrected chi connectivity index (χ4v) is 4.94. The molecule has 0 saturated carbocycles. The molecule has 2 aliphatic heterocycles. The standard InChI is InChI=1S/C25H22N4O4S/c1-17-6-8-18(9-7-17)27-12-14-28(15-13-27)25-26-24(30)23(34-25)16-19-10-11-22(33-19)20-4-2-3-5-21(20)29(31)32/h2-11,16H,12-15H2,1H3/b23-16-. The van der Waals surface area contributed by atoms with Crippen molar-refractivity contribution in [2.45, 2.75) is 6.92 Å². The summed E-state index contributed by atoms with van der Waals surface area (Å²) in [7, 11) is 0. The third kappa shape index (κ3) is 4.47. The van der Waals surface area contributed by atoms with Crippen molar-refractivity contribution < 1.29 is 14.1 Å². The van der Waals surface area contributed by atoms with E-state index in [0.29, 0.717) is 27.2 Å². The van der Waals surface area contributed by atoms with Gasteiger partial charge in [0, 0.05) is 44.0 Å². The summed E-state index contributed by atoms with van der Waals surface area (Å²) in [5, 5.41) is 12.0. The molecule has 0 radical (unpaired) electrons. The third-order valence-corrected chi connectivity index (χ3v) is 6.87. The van der Waals surface area contributed by atoms with E-state index in [9.17, 15) is 14.9 Å². The van der Waals surface area contributed by atoms with Crippen molar-refractivity contribution in [2.24, 2.45) is 4.99 Å². The van der Waals surface area contributed by atoms with Crippen LogP contribution < -0.4 is 4.90 Å². The number of aliphatic imine (C=N–C) groups is 1. The van der Waals surface area contributed by atoms with E-state index in [2.05, 4.69) is 46.0 Å². The van der Waals surface area contributed by atoms with Crippen molar-refractivity contribution in [1.82, 2.24) is 4.90 Å². The maximum absolute atomic E-state index is 12.5. The zero-order valence-electron chi connectivity index (χ0n) is 18.5. The van der Waals surface area contributed by atoms with Crippen LogP contribution >= 0.6 is 11.8 Å². The molecule has 172 valence electrons. The maximum atomic E-state index is 12.5. The minimum absolute atomic E-state index is 0.0298. The number of carbonyl (C=O) groups excluding carboxylic acids is 1. The lowest BCUT2D eigenvalue weighted by Crippen LogP contribution is -2.47. The van der Waals surface area contributed by atoms with Gasteiger partial charge in [-0.2, -0.15) is 4.99 Å². The third-order valence-electron chi connectivity index (χ3n) is 5.82. The van der Waals surface area contributed by atoms with Gasteiger partial charge in [0.1, 0.15) is 11.5 Å². The van der Waals surface area contributed by atoms with Crippen molar-refractivity contribution in [2.75, 3.05) is 31.1 Å². The molecule has 1 saturated heterocycles. The molecule has 0 spiro atoms. The lowest BCUT2D eigenvalue weighted by molar-refractivity contribution is -0.384. The molecule has 1 fully saturated rings. The molecule has 3 aromatic rings. The van der Waals surface area contributed by atoms with Crippen LogP contribution in [0.3, 0.4) is 0 Å². The van der Waals surface area contributed by atoms with Crippen molar-refractivity contribution in [1.29, 1.82) is 0 Å². The van der Waals surface area contributed by atoms with Crippen LogP contribution in [0.1, 0.15) is 11.3 Å². The molecule has 3 heterocycles. The number of thioether (sulfide) groups is 1. The molecule has 1 aromatic heterocycles. The van der Waals surface area contributed by atoms with E-state index in [0.717, 1.165) is 26.2 Å². The smallest absolute Gasteiger partial charge is 0.286 e. The number of nitrogens with zero attached hydrogens (tertiary/aromatic N) is 4. The van der Waals surface area contributed by atoms with Crippen molar-refractivity contribution in [3.05, 3.63) is 87.0 Å². The van der Waals surface area contributed by atoms with E-state index < -0.39 is 4.92 Å². The highest BCUT2D eigenvalue weighted by Crippen LogP contribution is 2.34. The zero-order valence-corrected chi connectivity index (χ0v) is 19.3. The van der Waals surface area contributed by atoms with Gasteiger partial charge >= 0.3 is 0 Å². The van der Waals surface area contributed by atoms with Crippen LogP contribution in [0.25, 0.3) is 17.4 Å². The number of para-hydroxylation sites is 1. The number of nitro groups is 1. The fourth-order valence-electron chi connectivity index (χ4n) is 3.99. The number of hydrogen-bond acceptors (Lipinski definition) is 7. The van der Waals surface area contributed by atoms with Gasteiger partial charge in [-0.25, -0.2) is 0 Å². The van der Waals surface area contributed by atoms with Crippen LogP contribution in [0, 0.1) is 17.0 Å². The van der Waals surface area contributed by atoms with Crippen LogP contribution in [0.15, 0.2) is 75.0 Å². The number of amides is 1. The summed E-state index contributed by atoms with van der Waals surface area (Å²) in [4.78, 5) is 32.6. The van der Waals surface area contributed by atoms with Gasteiger partial charge in [0.15, 0.2) is 5.17 Å². The highest BCUT2D eigenvalue weighted by Gasteiger charge is 2.29. The van der Waals surface area contributed by atoms with Crippen LogP contribution in [0.4, 0.5) is 11.4 Å². The minimum Gasteiger partial charge on any atom is -0.456 e. The first-order valence-electron chi connectivity index (χ1n) is 10.9. The summed E-state index contributed by atoms with van der Waals surface area (Å²) in [5.74, 6) is 0.525. The molecular formula is C25H22N4O4S. The number of furan rings is 1. The predicted molar refractivity (Wildman–Crippen MR) is 134 cm³/mol. The van der Waals surface area contributed by atoms with E-state index in [4.69, 9.17) is 4.42 Å². The van der Waals surface area contributed by atoms with E-state index in [1.807, 2.05) is 0 Å². The van der Waals surface area contributed by atoms with Gasteiger partial charge in [-0.1, -0.05) is 29.8 Å². The summed E-state index contributed by atoms with van der Waals surface area (Å²) in [6, 6.07) is 18.3. The number of piperazine rings is 1. The van der Waals surface area contributed by atoms with Crippen molar-refractivity contribution >= 4 is 40.3 Å². The van der Waals surface area contributed by atoms with Crippen LogP contribution in [0.2, 0.25) is 0 Å². The van der Waals surface area contributed by atoms with E-state index >= 15 is 0 Å². The van der Waals surface area contributed by atoms with Crippen LogP contribution in [-0.4, -0.2) is 47.1 Å². The number of amidine groups is 1. The number of aryl methyl sites for hydroxylation is 1. The normalized spacial score (nSPS) is 17.4. The van der Waals surface area contributed by atoms with Crippen molar-refractivity contribution in [3.8, 4) is 11.3 Å². The Kier molecular flexibility index (Phi) is 5.93. The fraction of sp³-hybridized carbons (Fsp3) is 0.200. The van der Waals surface area contributed by atoms with E-state index in [-0.39, 0.29) is 11.6 Å². The maximum Gasteiger partial charge on any atom is 0.286 e. The molecule has 2 aliphatic rings. The Labute approximate surface area is 200 Å². The number of nitro benzene ring substituents is 1. The first-order valence-corrected chi connectivity index (χ1v) is 11.7. The van der Waals surface area contributed by atoms with Gasteiger partial charge in [-0.05, 0) is 49.0 Å². The average molecular weight is 475 g/mol. The Balaban J connectivity index is 1.25. The Bertz CT molecular complexity index is 1300. The highest BCUT2D eigenvalue weighted by molar-refractivity contribution is 8.18. The highest BCUT2D eigenvalue weighted by atomic mass is 32.2. The molecule has 34 heavy (non-hydrogen) atoms. The van der Waals surface area contributed by atoms with Gasteiger partial charge in [0.2, 0.25) is 0 Å². The first kappa shape index (κ1) is 22.0. The SMILES string of the molecule is Cc1ccc(N2CCN(C3=NC(=O)/C(=C/c4ccc(-c5ccccc5[N+](=O)[O-])o4)S3)CC2)cc1. The number of hydrogen-bond donors (Lipinski definition) is 0. The van der Waals surface area contributed by atoms with Gasteiger partial charge in [-0.3, -0.25) is 14.9 Å². The molecule has 0 aliphatic carbocycles. The lowest BCUT2D eigenvalue weighted by atomic mass is 10.1.